The van der Waals surface area contributed by atoms with E-state index in [1.807, 2.05) is 22.9 Å². The van der Waals surface area contributed by atoms with Crippen molar-refractivity contribution in [2.75, 3.05) is 7.11 Å². The van der Waals surface area contributed by atoms with Crippen LogP contribution in [0.2, 0.25) is 0 Å². The molecule has 3 heteroatoms. The molecule has 100 valence electrons. The molecule has 0 atom stereocenters. The molecule has 0 amide bonds. The molecule has 2 aromatic rings. The second-order valence-corrected chi connectivity index (χ2v) is 5.53. The summed E-state index contributed by atoms with van der Waals surface area (Å²) in [6, 6.07) is 8.16. The van der Waals surface area contributed by atoms with Crippen LogP contribution in [0.4, 0.5) is 0 Å². The molecule has 0 aliphatic rings. The normalized spacial score (nSPS) is 12.5. The van der Waals surface area contributed by atoms with Gasteiger partial charge >= 0.3 is 0 Å². The van der Waals surface area contributed by atoms with Crippen LogP contribution in [0.5, 0.6) is 5.75 Å². The minimum absolute atomic E-state index is 0.0544. The maximum absolute atomic E-state index is 5.21. The third-order valence-electron chi connectivity index (χ3n) is 3.01. The van der Waals surface area contributed by atoms with E-state index in [2.05, 4.69) is 44.1 Å². The summed E-state index contributed by atoms with van der Waals surface area (Å²) in [5.74, 6) is 0.875. The molecule has 1 aromatic carbocycles. The zero-order valence-corrected chi connectivity index (χ0v) is 11.9. The number of allylic oxidation sites excluding steroid dienone is 1. The molecule has 1 heterocycles. The van der Waals surface area contributed by atoms with Crippen LogP contribution in [-0.4, -0.2) is 16.7 Å². The van der Waals surface area contributed by atoms with Gasteiger partial charge in [0.2, 0.25) is 0 Å². The van der Waals surface area contributed by atoms with Crippen molar-refractivity contribution in [1.29, 1.82) is 0 Å². The summed E-state index contributed by atoms with van der Waals surface area (Å²) in [6.45, 7) is 6.62. The highest BCUT2D eigenvalue weighted by molar-refractivity contribution is 5.78. The van der Waals surface area contributed by atoms with Gasteiger partial charge in [-0.25, -0.2) is 4.98 Å². The van der Waals surface area contributed by atoms with E-state index in [0.717, 1.165) is 5.75 Å². The van der Waals surface area contributed by atoms with Crippen molar-refractivity contribution in [3.8, 4) is 5.75 Å². The Kier molecular flexibility index (Phi) is 3.74. The van der Waals surface area contributed by atoms with Gasteiger partial charge in [-0.1, -0.05) is 32.9 Å². The Hall–Kier alpha value is -2.03. The first-order valence-electron chi connectivity index (χ1n) is 6.35. The summed E-state index contributed by atoms with van der Waals surface area (Å²) in [5.41, 5.74) is 2.51. The van der Waals surface area contributed by atoms with Crippen LogP contribution in [0.15, 0.2) is 43.0 Å². The number of aromatic nitrogens is 2. The molecule has 19 heavy (non-hydrogen) atoms. The minimum Gasteiger partial charge on any atom is -0.497 e. The Morgan fingerprint density at radius 2 is 1.89 bits per heavy atom. The number of benzene rings is 1. The number of nitrogens with zero attached hydrogens (tertiary/aromatic N) is 2. The minimum atomic E-state index is 0.0544. The van der Waals surface area contributed by atoms with Crippen LogP contribution in [0, 0.1) is 5.41 Å². The van der Waals surface area contributed by atoms with Gasteiger partial charge in [0.1, 0.15) is 5.75 Å². The molecule has 0 spiro atoms. The quantitative estimate of drug-likeness (QED) is 0.831. The van der Waals surface area contributed by atoms with Crippen molar-refractivity contribution < 1.29 is 4.74 Å². The van der Waals surface area contributed by atoms with Crippen LogP contribution in [0.3, 0.4) is 0 Å². The Morgan fingerprint density at radius 3 is 2.37 bits per heavy atom. The Bertz CT molecular complexity index is 545. The van der Waals surface area contributed by atoms with Gasteiger partial charge in [-0.05, 0) is 28.7 Å². The lowest BCUT2D eigenvalue weighted by Crippen LogP contribution is -2.09. The van der Waals surface area contributed by atoms with Gasteiger partial charge in [-0.3, -0.25) is 0 Å². The van der Waals surface area contributed by atoms with E-state index >= 15 is 0 Å². The predicted octanol–water partition coefficient (Wildman–Crippen LogP) is 3.94. The molecule has 0 bridgehead atoms. The van der Waals surface area contributed by atoms with Crippen molar-refractivity contribution in [3.05, 3.63) is 48.5 Å². The summed E-state index contributed by atoms with van der Waals surface area (Å²) >= 11 is 0. The number of rotatable bonds is 3. The van der Waals surface area contributed by atoms with Gasteiger partial charge in [0.15, 0.2) is 0 Å². The SMILES string of the molecule is COc1ccc(/C(=C/n2ccnc2)C(C)(C)C)cc1. The van der Waals surface area contributed by atoms with Crippen molar-refractivity contribution in [1.82, 2.24) is 9.55 Å². The molecular weight excluding hydrogens is 236 g/mol. The average Bonchev–Trinajstić information content (AvgIpc) is 2.88. The van der Waals surface area contributed by atoms with Crippen molar-refractivity contribution >= 4 is 11.8 Å². The highest BCUT2D eigenvalue weighted by Gasteiger charge is 2.19. The topological polar surface area (TPSA) is 27.1 Å². The monoisotopic (exact) mass is 256 g/mol. The first kappa shape index (κ1) is 13.4. The third-order valence-corrected chi connectivity index (χ3v) is 3.01. The summed E-state index contributed by atoms with van der Waals surface area (Å²) < 4.78 is 7.18. The fraction of sp³-hybridized carbons (Fsp3) is 0.312. The number of imidazole rings is 1. The van der Waals surface area contributed by atoms with Gasteiger partial charge in [0.05, 0.1) is 13.4 Å². The summed E-state index contributed by atoms with van der Waals surface area (Å²) in [7, 11) is 1.68. The van der Waals surface area contributed by atoms with E-state index in [1.54, 1.807) is 19.6 Å². The maximum atomic E-state index is 5.21. The zero-order chi connectivity index (χ0) is 13.9. The van der Waals surface area contributed by atoms with Crippen LogP contribution in [0.1, 0.15) is 26.3 Å². The predicted molar refractivity (Wildman–Crippen MR) is 78.8 cm³/mol. The Morgan fingerprint density at radius 1 is 1.21 bits per heavy atom. The second kappa shape index (κ2) is 5.31. The molecule has 2 rings (SSSR count). The number of methoxy groups -OCH3 is 1. The highest BCUT2D eigenvalue weighted by Crippen LogP contribution is 2.35. The van der Waals surface area contributed by atoms with Crippen LogP contribution in [-0.2, 0) is 0 Å². The fourth-order valence-corrected chi connectivity index (χ4v) is 1.97. The molecule has 0 aliphatic carbocycles. The van der Waals surface area contributed by atoms with E-state index in [4.69, 9.17) is 4.74 Å². The van der Waals surface area contributed by atoms with Gasteiger partial charge in [-0.2, -0.15) is 0 Å². The lowest BCUT2D eigenvalue weighted by molar-refractivity contribution is 0.414. The van der Waals surface area contributed by atoms with Gasteiger partial charge in [-0.15, -0.1) is 0 Å². The molecule has 0 N–H and O–H groups in total. The number of hydrogen-bond donors (Lipinski definition) is 0. The summed E-state index contributed by atoms with van der Waals surface area (Å²) in [4.78, 5) is 4.08. The average molecular weight is 256 g/mol. The van der Waals surface area contributed by atoms with Crippen LogP contribution >= 0.6 is 0 Å². The van der Waals surface area contributed by atoms with Crippen molar-refractivity contribution in [2.24, 2.45) is 5.41 Å². The maximum Gasteiger partial charge on any atom is 0.118 e. The Balaban J connectivity index is 2.43. The molecule has 3 nitrogen and oxygen atoms in total. The Labute approximate surface area is 114 Å². The second-order valence-electron chi connectivity index (χ2n) is 5.53. The molecule has 0 saturated carbocycles. The first-order chi connectivity index (χ1) is 9.00. The molecule has 0 aliphatic heterocycles. The summed E-state index contributed by atoms with van der Waals surface area (Å²) in [5, 5.41) is 0. The van der Waals surface area contributed by atoms with E-state index in [1.165, 1.54) is 11.1 Å². The van der Waals surface area contributed by atoms with Crippen molar-refractivity contribution in [2.45, 2.75) is 20.8 Å². The lowest BCUT2D eigenvalue weighted by Gasteiger charge is -2.23. The van der Waals surface area contributed by atoms with Crippen LogP contribution < -0.4 is 4.74 Å². The van der Waals surface area contributed by atoms with Crippen molar-refractivity contribution in [3.63, 3.8) is 0 Å². The molecule has 0 radical (unpaired) electrons. The molecule has 0 unspecified atom stereocenters. The van der Waals surface area contributed by atoms with Crippen LogP contribution in [0.25, 0.3) is 11.8 Å². The van der Waals surface area contributed by atoms with E-state index < -0.39 is 0 Å². The third kappa shape index (κ3) is 3.25. The largest absolute Gasteiger partial charge is 0.497 e. The van der Waals surface area contributed by atoms with Gasteiger partial charge < -0.3 is 9.30 Å². The number of ether oxygens (including phenoxy) is 1. The molecular formula is C16H20N2O. The molecule has 1 aromatic heterocycles. The van der Waals surface area contributed by atoms with E-state index in [9.17, 15) is 0 Å². The first-order valence-corrected chi connectivity index (χ1v) is 6.35. The zero-order valence-electron chi connectivity index (χ0n) is 11.9. The molecule has 0 fully saturated rings. The van der Waals surface area contributed by atoms with E-state index in [0.29, 0.717) is 0 Å². The molecule has 0 saturated heterocycles. The van der Waals surface area contributed by atoms with Gasteiger partial charge in [0, 0.05) is 18.6 Å². The number of hydrogen-bond acceptors (Lipinski definition) is 2. The lowest BCUT2D eigenvalue weighted by atomic mass is 9.82. The van der Waals surface area contributed by atoms with Gasteiger partial charge in [0.25, 0.3) is 0 Å². The van der Waals surface area contributed by atoms with E-state index in [-0.39, 0.29) is 5.41 Å². The standard InChI is InChI=1S/C16H20N2O/c1-16(2,3)15(11-18-10-9-17-12-18)13-5-7-14(19-4)8-6-13/h5-12H,1-4H3/b15-11-. The summed E-state index contributed by atoms with van der Waals surface area (Å²) in [6.07, 6.45) is 7.64. The smallest absolute Gasteiger partial charge is 0.118 e. The fourth-order valence-electron chi connectivity index (χ4n) is 1.97. The highest BCUT2D eigenvalue weighted by atomic mass is 16.5.